The first-order valence-electron chi connectivity index (χ1n) is 8.83. The van der Waals surface area contributed by atoms with Gasteiger partial charge in [0.25, 0.3) is 0 Å². The SMILES string of the molecule is COc1ccccc1NC(N)=NCc1ccccc1CN1CCOCC1.I. The van der Waals surface area contributed by atoms with E-state index in [1.807, 2.05) is 30.3 Å². The second-order valence-electron chi connectivity index (χ2n) is 6.18. The van der Waals surface area contributed by atoms with Gasteiger partial charge in [-0.2, -0.15) is 0 Å². The van der Waals surface area contributed by atoms with E-state index < -0.39 is 0 Å². The molecule has 27 heavy (non-hydrogen) atoms. The van der Waals surface area contributed by atoms with Crippen LogP contribution in [0.15, 0.2) is 53.5 Å². The highest BCUT2D eigenvalue weighted by molar-refractivity contribution is 14.0. The lowest BCUT2D eigenvalue weighted by atomic mass is 10.1. The molecule has 0 aromatic heterocycles. The van der Waals surface area contributed by atoms with Crippen LogP contribution in [0.25, 0.3) is 0 Å². The number of para-hydroxylation sites is 2. The predicted octanol–water partition coefficient (Wildman–Crippen LogP) is 3.07. The molecule has 7 heteroatoms. The molecule has 0 atom stereocenters. The number of hydrogen-bond acceptors (Lipinski definition) is 4. The maximum absolute atomic E-state index is 6.07. The molecule has 0 spiro atoms. The Hall–Kier alpha value is -1.84. The number of methoxy groups -OCH3 is 1. The number of anilines is 1. The Balaban J connectivity index is 0.00000261. The average molecular weight is 482 g/mol. The second-order valence-corrected chi connectivity index (χ2v) is 6.18. The van der Waals surface area contributed by atoms with Crippen molar-refractivity contribution in [2.45, 2.75) is 13.1 Å². The molecule has 0 unspecified atom stereocenters. The van der Waals surface area contributed by atoms with Gasteiger partial charge in [-0.15, -0.1) is 24.0 Å². The number of aliphatic imine (C=N–C) groups is 1. The van der Waals surface area contributed by atoms with E-state index in [-0.39, 0.29) is 24.0 Å². The first-order valence-corrected chi connectivity index (χ1v) is 8.83. The Kier molecular flexibility index (Phi) is 8.83. The lowest BCUT2D eigenvalue weighted by Crippen LogP contribution is -2.35. The minimum atomic E-state index is 0. The number of ether oxygens (including phenoxy) is 2. The lowest BCUT2D eigenvalue weighted by molar-refractivity contribution is 0.0341. The number of nitrogens with two attached hydrogens (primary N) is 1. The summed E-state index contributed by atoms with van der Waals surface area (Å²) >= 11 is 0. The van der Waals surface area contributed by atoms with Gasteiger partial charge in [-0.25, -0.2) is 4.99 Å². The van der Waals surface area contributed by atoms with Gasteiger partial charge in [-0.05, 0) is 23.3 Å². The van der Waals surface area contributed by atoms with Crippen LogP contribution in [0.2, 0.25) is 0 Å². The van der Waals surface area contributed by atoms with Crippen LogP contribution in [0.3, 0.4) is 0 Å². The molecule has 1 saturated heterocycles. The van der Waals surface area contributed by atoms with Crippen LogP contribution in [-0.2, 0) is 17.8 Å². The monoisotopic (exact) mass is 482 g/mol. The van der Waals surface area contributed by atoms with Crippen molar-refractivity contribution < 1.29 is 9.47 Å². The Labute approximate surface area is 177 Å². The number of nitrogens with one attached hydrogen (secondary N) is 1. The van der Waals surface area contributed by atoms with Crippen molar-refractivity contribution in [1.29, 1.82) is 0 Å². The lowest BCUT2D eigenvalue weighted by Gasteiger charge is -2.27. The molecule has 0 saturated carbocycles. The molecule has 6 nitrogen and oxygen atoms in total. The number of nitrogens with zero attached hydrogens (tertiary/aromatic N) is 2. The fourth-order valence-corrected chi connectivity index (χ4v) is 2.96. The summed E-state index contributed by atoms with van der Waals surface area (Å²) in [5, 5.41) is 3.11. The summed E-state index contributed by atoms with van der Waals surface area (Å²) in [5.41, 5.74) is 9.34. The smallest absolute Gasteiger partial charge is 0.193 e. The van der Waals surface area contributed by atoms with Gasteiger partial charge in [0.2, 0.25) is 0 Å². The van der Waals surface area contributed by atoms with E-state index in [0.717, 1.165) is 44.3 Å². The van der Waals surface area contributed by atoms with Crippen molar-refractivity contribution in [3.8, 4) is 5.75 Å². The zero-order valence-corrected chi connectivity index (χ0v) is 17.9. The molecule has 1 aliphatic rings. The number of rotatable bonds is 6. The van der Waals surface area contributed by atoms with Crippen LogP contribution >= 0.6 is 24.0 Å². The van der Waals surface area contributed by atoms with Crippen LogP contribution in [0.1, 0.15) is 11.1 Å². The summed E-state index contributed by atoms with van der Waals surface area (Å²) in [4.78, 5) is 6.91. The molecule has 3 N–H and O–H groups in total. The van der Waals surface area contributed by atoms with Crippen molar-refractivity contribution >= 4 is 35.6 Å². The van der Waals surface area contributed by atoms with Gasteiger partial charge in [0, 0.05) is 19.6 Å². The number of guanidine groups is 1. The Morgan fingerprint density at radius 3 is 2.52 bits per heavy atom. The van der Waals surface area contributed by atoms with E-state index in [0.29, 0.717) is 12.5 Å². The second kappa shape index (κ2) is 11.1. The summed E-state index contributed by atoms with van der Waals surface area (Å²) in [6.07, 6.45) is 0. The summed E-state index contributed by atoms with van der Waals surface area (Å²) < 4.78 is 10.7. The Morgan fingerprint density at radius 1 is 1.11 bits per heavy atom. The summed E-state index contributed by atoms with van der Waals surface area (Å²) in [7, 11) is 1.63. The van der Waals surface area contributed by atoms with Crippen LogP contribution in [0, 0.1) is 0 Å². The molecule has 0 radical (unpaired) electrons. The predicted molar refractivity (Wildman–Crippen MR) is 120 cm³/mol. The maximum Gasteiger partial charge on any atom is 0.193 e. The first-order chi connectivity index (χ1) is 12.8. The Bertz CT molecular complexity index is 748. The molecule has 146 valence electrons. The van der Waals surface area contributed by atoms with Gasteiger partial charge in [-0.3, -0.25) is 4.90 Å². The third-order valence-corrected chi connectivity index (χ3v) is 4.41. The van der Waals surface area contributed by atoms with E-state index in [4.69, 9.17) is 15.2 Å². The summed E-state index contributed by atoms with van der Waals surface area (Å²) in [5.74, 6) is 1.11. The third-order valence-electron chi connectivity index (χ3n) is 4.41. The van der Waals surface area contributed by atoms with Crippen molar-refractivity contribution in [2.24, 2.45) is 10.7 Å². The molecule has 2 aromatic carbocycles. The van der Waals surface area contributed by atoms with E-state index >= 15 is 0 Å². The molecule has 1 fully saturated rings. The highest BCUT2D eigenvalue weighted by atomic mass is 127. The van der Waals surface area contributed by atoms with E-state index in [1.54, 1.807) is 7.11 Å². The van der Waals surface area contributed by atoms with Crippen LogP contribution in [0.4, 0.5) is 5.69 Å². The molecular formula is C20H27IN4O2. The average Bonchev–Trinajstić information content (AvgIpc) is 2.68. The largest absolute Gasteiger partial charge is 0.495 e. The third kappa shape index (κ3) is 6.37. The van der Waals surface area contributed by atoms with E-state index in [9.17, 15) is 0 Å². The normalized spacial score (nSPS) is 15.1. The molecule has 1 aliphatic heterocycles. The van der Waals surface area contributed by atoms with Gasteiger partial charge in [0.05, 0.1) is 32.6 Å². The van der Waals surface area contributed by atoms with Gasteiger partial charge >= 0.3 is 0 Å². The summed E-state index contributed by atoms with van der Waals surface area (Å²) in [6.45, 7) is 4.99. The van der Waals surface area contributed by atoms with Gasteiger partial charge in [0.15, 0.2) is 5.96 Å². The zero-order chi connectivity index (χ0) is 18.2. The summed E-state index contributed by atoms with van der Waals surface area (Å²) in [6, 6.07) is 16.0. The van der Waals surface area contributed by atoms with Crippen LogP contribution < -0.4 is 15.8 Å². The standard InChI is InChI=1S/C20H26N4O2.HI/c1-25-19-9-5-4-8-18(19)23-20(21)22-14-16-6-2-3-7-17(16)15-24-10-12-26-13-11-24;/h2-9H,10-15H2,1H3,(H3,21,22,23);1H. The van der Waals surface area contributed by atoms with E-state index in [1.165, 1.54) is 11.1 Å². The van der Waals surface area contributed by atoms with Crippen molar-refractivity contribution in [1.82, 2.24) is 4.90 Å². The maximum atomic E-state index is 6.07. The molecule has 3 rings (SSSR count). The number of hydrogen-bond donors (Lipinski definition) is 2. The van der Waals surface area contributed by atoms with Gasteiger partial charge in [0.1, 0.15) is 5.75 Å². The molecule has 0 amide bonds. The molecule has 1 heterocycles. The van der Waals surface area contributed by atoms with Crippen LogP contribution in [0.5, 0.6) is 5.75 Å². The van der Waals surface area contributed by atoms with Crippen molar-refractivity contribution in [2.75, 3.05) is 38.7 Å². The fourth-order valence-electron chi connectivity index (χ4n) is 2.96. The molecule has 0 aliphatic carbocycles. The Morgan fingerprint density at radius 2 is 1.78 bits per heavy atom. The highest BCUT2D eigenvalue weighted by Crippen LogP contribution is 2.22. The fraction of sp³-hybridized carbons (Fsp3) is 0.350. The number of morpholine rings is 1. The van der Waals surface area contributed by atoms with E-state index in [2.05, 4.69) is 33.4 Å². The van der Waals surface area contributed by atoms with Gasteiger partial charge in [-0.1, -0.05) is 36.4 Å². The molecule has 2 aromatic rings. The number of halogens is 1. The zero-order valence-electron chi connectivity index (χ0n) is 15.6. The minimum Gasteiger partial charge on any atom is -0.495 e. The first kappa shape index (κ1) is 21.5. The quantitative estimate of drug-likeness (QED) is 0.376. The minimum absolute atomic E-state index is 0. The number of benzene rings is 2. The topological polar surface area (TPSA) is 72.1 Å². The molecular weight excluding hydrogens is 455 g/mol. The van der Waals surface area contributed by atoms with Crippen LogP contribution in [-0.4, -0.2) is 44.3 Å². The molecule has 0 bridgehead atoms. The van der Waals surface area contributed by atoms with Gasteiger partial charge < -0.3 is 20.5 Å². The van der Waals surface area contributed by atoms with Crippen molar-refractivity contribution in [3.05, 3.63) is 59.7 Å². The highest BCUT2D eigenvalue weighted by Gasteiger charge is 2.12. The van der Waals surface area contributed by atoms with Crippen molar-refractivity contribution in [3.63, 3.8) is 0 Å².